The second-order valence-electron chi connectivity index (χ2n) is 5.42. The Hall–Kier alpha value is -2.24. The van der Waals surface area contributed by atoms with Crippen LogP contribution in [-0.2, 0) is 11.3 Å². The molecule has 0 aromatic heterocycles. The maximum Gasteiger partial charge on any atom is 0.222 e. The summed E-state index contributed by atoms with van der Waals surface area (Å²) in [5, 5.41) is 9.26. The van der Waals surface area contributed by atoms with E-state index in [0.717, 1.165) is 23.8 Å². The molecule has 0 fully saturated rings. The quantitative estimate of drug-likeness (QED) is 0.386. The van der Waals surface area contributed by atoms with E-state index in [0.29, 0.717) is 19.6 Å². The van der Waals surface area contributed by atoms with Crippen molar-refractivity contribution in [2.45, 2.75) is 27.3 Å². The lowest BCUT2D eigenvalue weighted by atomic mass is 10.2. The molecule has 0 bridgehead atoms. The van der Waals surface area contributed by atoms with Crippen LogP contribution in [0.5, 0.6) is 5.75 Å². The summed E-state index contributed by atoms with van der Waals surface area (Å²) in [5.74, 6) is 1.64. The van der Waals surface area contributed by atoms with E-state index in [1.165, 1.54) is 0 Å². The molecule has 3 N–H and O–H groups in total. The molecule has 0 saturated carbocycles. The van der Waals surface area contributed by atoms with Gasteiger partial charge in [0, 0.05) is 25.6 Å². The van der Waals surface area contributed by atoms with Crippen LogP contribution in [0.25, 0.3) is 0 Å². The Morgan fingerprint density at radius 1 is 1.13 bits per heavy atom. The molecule has 6 heteroatoms. The average molecular weight is 320 g/mol. The summed E-state index contributed by atoms with van der Waals surface area (Å²) < 4.78 is 5.14. The molecule has 0 unspecified atom stereocenters. The third-order valence-corrected chi connectivity index (χ3v) is 3.16. The van der Waals surface area contributed by atoms with Gasteiger partial charge in [0.2, 0.25) is 5.91 Å². The number of carbonyl (C=O) groups is 1. The van der Waals surface area contributed by atoms with E-state index in [1.54, 1.807) is 7.11 Å². The van der Waals surface area contributed by atoms with Gasteiger partial charge in [-0.05, 0) is 24.6 Å². The Morgan fingerprint density at radius 2 is 1.78 bits per heavy atom. The number of benzene rings is 1. The molecule has 0 spiro atoms. The maximum atomic E-state index is 11.5. The second-order valence-corrected chi connectivity index (χ2v) is 5.42. The molecule has 1 aromatic carbocycles. The summed E-state index contributed by atoms with van der Waals surface area (Å²) in [4.78, 5) is 16.0. The molecule has 1 amide bonds. The smallest absolute Gasteiger partial charge is 0.222 e. The standard InChI is InChI=1S/C17H28N4O2/c1-5-18-17(20-11-10-19-16(22)13(2)3)21-12-14-6-8-15(23-4)9-7-14/h6-9,13H,5,10-12H2,1-4H3,(H,19,22)(H2,18,20,21). The Bertz CT molecular complexity index is 498. The van der Waals surface area contributed by atoms with Crippen molar-refractivity contribution in [3.8, 4) is 5.75 Å². The second kappa shape index (κ2) is 10.5. The van der Waals surface area contributed by atoms with E-state index < -0.39 is 0 Å². The number of methoxy groups -OCH3 is 1. The van der Waals surface area contributed by atoms with Crippen LogP contribution in [0.3, 0.4) is 0 Å². The molecule has 0 atom stereocenters. The van der Waals surface area contributed by atoms with Crippen LogP contribution in [-0.4, -0.2) is 38.6 Å². The summed E-state index contributed by atoms with van der Waals surface area (Å²) in [7, 11) is 1.65. The fraction of sp³-hybridized carbons (Fsp3) is 0.529. The summed E-state index contributed by atoms with van der Waals surface area (Å²) in [6.45, 7) is 8.35. The van der Waals surface area contributed by atoms with Gasteiger partial charge < -0.3 is 20.7 Å². The monoisotopic (exact) mass is 320 g/mol. The highest BCUT2D eigenvalue weighted by molar-refractivity contribution is 5.80. The zero-order valence-electron chi connectivity index (χ0n) is 14.5. The number of amides is 1. The van der Waals surface area contributed by atoms with Gasteiger partial charge in [-0.3, -0.25) is 4.79 Å². The first-order chi connectivity index (χ1) is 11.1. The molecule has 0 saturated heterocycles. The zero-order chi connectivity index (χ0) is 17.1. The molecule has 0 radical (unpaired) electrons. The summed E-state index contributed by atoms with van der Waals surface area (Å²) in [6.07, 6.45) is 0. The predicted molar refractivity (Wildman–Crippen MR) is 93.7 cm³/mol. The van der Waals surface area contributed by atoms with Crippen LogP contribution in [0.1, 0.15) is 26.3 Å². The van der Waals surface area contributed by atoms with Gasteiger partial charge in [0.05, 0.1) is 13.7 Å². The van der Waals surface area contributed by atoms with Crippen molar-refractivity contribution < 1.29 is 9.53 Å². The number of nitrogens with zero attached hydrogens (tertiary/aromatic N) is 1. The molecule has 128 valence electrons. The topological polar surface area (TPSA) is 74.8 Å². The minimum atomic E-state index is 0.00646. The first-order valence-electron chi connectivity index (χ1n) is 7.99. The van der Waals surface area contributed by atoms with Crippen LogP contribution >= 0.6 is 0 Å². The number of hydrogen-bond donors (Lipinski definition) is 3. The van der Waals surface area contributed by atoms with Crippen molar-refractivity contribution in [1.29, 1.82) is 0 Å². The fourth-order valence-electron chi connectivity index (χ4n) is 1.81. The lowest BCUT2D eigenvalue weighted by Gasteiger charge is -2.12. The van der Waals surface area contributed by atoms with E-state index in [1.807, 2.05) is 45.0 Å². The van der Waals surface area contributed by atoms with Gasteiger partial charge >= 0.3 is 0 Å². The van der Waals surface area contributed by atoms with Gasteiger partial charge in [-0.25, -0.2) is 4.99 Å². The molecular formula is C17H28N4O2. The van der Waals surface area contributed by atoms with Crippen molar-refractivity contribution in [3.63, 3.8) is 0 Å². The van der Waals surface area contributed by atoms with Crippen LogP contribution in [0, 0.1) is 5.92 Å². The van der Waals surface area contributed by atoms with Crippen LogP contribution in [0.2, 0.25) is 0 Å². The SMILES string of the molecule is CCNC(=NCc1ccc(OC)cc1)NCCNC(=O)C(C)C. The van der Waals surface area contributed by atoms with E-state index in [-0.39, 0.29) is 11.8 Å². The molecule has 0 aliphatic rings. The van der Waals surface area contributed by atoms with Gasteiger partial charge in [0.1, 0.15) is 5.75 Å². The van der Waals surface area contributed by atoms with Crippen LogP contribution in [0.15, 0.2) is 29.3 Å². The Balaban J connectivity index is 2.44. The molecule has 0 aliphatic carbocycles. The summed E-state index contributed by atoms with van der Waals surface area (Å²) >= 11 is 0. The number of rotatable bonds is 8. The van der Waals surface area contributed by atoms with Gasteiger partial charge in [0.25, 0.3) is 0 Å². The highest BCUT2D eigenvalue weighted by Crippen LogP contribution is 2.11. The minimum absolute atomic E-state index is 0.00646. The fourth-order valence-corrected chi connectivity index (χ4v) is 1.81. The lowest BCUT2D eigenvalue weighted by molar-refractivity contribution is -0.123. The Kier molecular flexibility index (Phi) is 8.57. The first-order valence-corrected chi connectivity index (χ1v) is 7.99. The van der Waals surface area contributed by atoms with Crippen LogP contribution in [0.4, 0.5) is 0 Å². The average Bonchev–Trinajstić information content (AvgIpc) is 2.56. The number of carbonyl (C=O) groups excluding carboxylic acids is 1. The summed E-state index contributed by atoms with van der Waals surface area (Å²) in [5.41, 5.74) is 1.11. The summed E-state index contributed by atoms with van der Waals surface area (Å²) in [6, 6.07) is 7.84. The zero-order valence-corrected chi connectivity index (χ0v) is 14.5. The maximum absolute atomic E-state index is 11.5. The molecule has 0 aliphatic heterocycles. The molecule has 1 aromatic rings. The molecule has 6 nitrogen and oxygen atoms in total. The number of ether oxygens (including phenoxy) is 1. The first kappa shape index (κ1) is 18.8. The largest absolute Gasteiger partial charge is 0.497 e. The Labute approximate surface area is 138 Å². The van der Waals surface area contributed by atoms with E-state index in [9.17, 15) is 4.79 Å². The number of guanidine groups is 1. The normalized spacial score (nSPS) is 11.3. The van der Waals surface area contributed by atoms with E-state index in [2.05, 4.69) is 20.9 Å². The molecule has 1 rings (SSSR count). The number of aliphatic imine (C=N–C) groups is 1. The number of nitrogens with one attached hydrogen (secondary N) is 3. The Morgan fingerprint density at radius 3 is 2.35 bits per heavy atom. The number of hydrogen-bond acceptors (Lipinski definition) is 3. The van der Waals surface area contributed by atoms with Crippen molar-refractivity contribution in [2.75, 3.05) is 26.7 Å². The van der Waals surface area contributed by atoms with Crippen molar-refractivity contribution in [1.82, 2.24) is 16.0 Å². The molecule has 23 heavy (non-hydrogen) atoms. The van der Waals surface area contributed by atoms with Gasteiger partial charge in [-0.15, -0.1) is 0 Å². The van der Waals surface area contributed by atoms with Crippen LogP contribution < -0.4 is 20.7 Å². The van der Waals surface area contributed by atoms with Gasteiger partial charge in [-0.1, -0.05) is 26.0 Å². The van der Waals surface area contributed by atoms with Gasteiger partial charge in [-0.2, -0.15) is 0 Å². The van der Waals surface area contributed by atoms with Gasteiger partial charge in [0.15, 0.2) is 5.96 Å². The minimum Gasteiger partial charge on any atom is -0.497 e. The van der Waals surface area contributed by atoms with E-state index in [4.69, 9.17) is 4.74 Å². The highest BCUT2D eigenvalue weighted by Gasteiger charge is 2.05. The third kappa shape index (κ3) is 7.54. The highest BCUT2D eigenvalue weighted by atomic mass is 16.5. The van der Waals surface area contributed by atoms with Crippen molar-refractivity contribution in [2.24, 2.45) is 10.9 Å². The lowest BCUT2D eigenvalue weighted by Crippen LogP contribution is -2.42. The molecular weight excluding hydrogens is 292 g/mol. The molecule has 0 heterocycles. The predicted octanol–water partition coefficient (Wildman–Crippen LogP) is 1.52. The van der Waals surface area contributed by atoms with Crippen molar-refractivity contribution in [3.05, 3.63) is 29.8 Å². The third-order valence-electron chi connectivity index (χ3n) is 3.16. The van der Waals surface area contributed by atoms with Crippen molar-refractivity contribution >= 4 is 11.9 Å². The van der Waals surface area contributed by atoms with E-state index >= 15 is 0 Å².